The summed E-state index contributed by atoms with van der Waals surface area (Å²) in [5.41, 5.74) is 6.29. The van der Waals surface area contributed by atoms with Crippen LogP contribution in [0.4, 0.5) is 0 Å². The van der Waals surface area contributed by atoms with Crippen LogP contribution in [0.5, 0.6) is 5.75 Å². The van der Waals surface area contributed by atoms with Crippen LogP contribution in [-0.2, 0) is 6.54 Å². The van der Waals surface area contributed by atoms with E-state index in [1.54, 1.807) is 7.11 Å². The van der Waals surface area contributed by atoms with Gasteiger partial charge in [0, 0.05) is 6.54 Å². The molecule has 0 amide bonds. The maximum Gasteiger partial charge on any atom is 0.150 e. The van der Waals surface area contributed by atoms with Crippen LogP contribution in [0.25, 0.3) is 0 Å². The minimum atomic E-state index is 0.472. The van der Waals surface area contributed by atoms with Crippen LogP contribution in [-0.4, -0.2) is 12.1 Å². The summed E-state index contributed by atoms with van der Waals surface area (Å²) in [7, 11) is 1.63. The van der Waals surface area contributed by atoms with Gasteiger partial charge in [-0.1, -0.05) is 0 Å². The highest BCUT2D eigenvalue weighted by atomic mass is 127. The highest BCUT2D eigenvalue weighted by molar-refractivity contribution is 14.1. The molecular weight excluding hydrogens is 255 g/mol. The Bertz CT molecular complexity index is 252. The van der Waals surface area contributed by atoms with Crippen molar-refractivity contribution in [3.63, 3.8) is 0 Å². The Labute approximate surface area is 79.1 Å². The van der Waals surface area contributed by atoms with Crippen molar-refractivity contribution in [3.05, 3.63) is 21.5 Å². The predicted octanol–water partition coefficient (Wildman–Crippen LogP) is 1.15. The minimum absolute atomic E-state index is 0.472. The monoisotopic (exact) mass is 264 g/mol. The summed E-state index contributed by atoms with van der Waals surface area (Å²) in [6, 6.07) is 3.73. The summed E-state index contributed by atoms with van der Waals surface area (Å²) in [5.74, 6) is 0.794. The van der Waals surface area contributed by atoms with Gasteiger partial charge in [-0.15, -0.1) is 0 Å². The van der Waals surface area contributed by atoms with Gasteiger partial charge >= 0.3 is 0 Å². The van der Waals surface area contributed by atoms with E-state index in [9.17, 15) is 0 Å². The van der Waals surface area contributed by atoms with Crippen molar-refractivity contribution in [3.8, 4) is 5.75 Å². The zero-order chi connectivity index (χ0) is 8.27. The van der Waals surface area contributed by atoms with E-state index in [0.717, 1.165) is 15.1 Å². The molecular formula is C7H9IN2O. The standard InChI is InChI=1S/C7H9IN2O/c1-11-6-3-2-5(4-9)10-7(6)8/h2-3H,4,9H2,1H3. The highest BCUT2D eigenvalue weighted by Crippen LogP contribution is 2.17. The molecule has 0 atom stereocenters. The smallest absolute Gasteiger partial charge is 0.150 e. The van der Waals surface area contributed by atoms with Crippen molar-refractivity contribution in [1.82, 2.24) is 4.98 Å². The lowest BCUT2D eigenvalue weighted by atomic mass is 10.3. The lowest BCUT2D eigenvalue weighted by Crippen LogP contribution is -2.01. The zero-order valence-corrected chi connectivity index (χ0v) is 8.33. The third-order valence-electron chi connectivity index (χ3n) is 1.30. The Balaban J connectivity index is 2.99. The molecule has 0 radical (unpaired) electrons. The van der Waals surface area contributed by atoms with Gasteiger partial charge in [0.25, 0.3) is 0 Å². The van der Waals surface area contributed by atoms with Crippen LogP contribution < -0.4 is 10.5 Å². The first-order valence-corrected chi connectivity index (χ1v) is 4.25. The molecule has 4 heteroatoms. The number of pyridine rings is 1. The van der Waals surface area contributed by atoms with E-state index < -0.39 is 0 Å². The van der Waals surface area contributed by atoms with Gasteiger partial charge in [-0.3, -0.25) is 0 Å². The van der Waals surface area contributed by atoms with Crippen molar-refractivity contribution >= 4 is 22.6 Å². The summed E-state index contributed by atoms with van der Waals surface area (Å²) in [6.07, 6.45) is 0. The molecule has 0 aliphatic rings. The summed E-state index contributed by atoms with van der Waals surface area (Å²) >= 11 is 2.12. The van der Waals surface area contributed by atoms with Crippen molar-refractivity contribution in [1.29, 1.82) is 0 Å². The van der Waals surface area contributed by atoms with Crippen LogP contribution in [0, 0.1) is 3.70 Å². The molecule has 2 N–H and O–H groups in total. The van der Waals surface area contributed by atoms with Gasteiger partial charge in [-0.25, -0.2) is 4.98 Å². The molecule has 1 rings (SSSR count). The molecule has 60 valence electrons. The van der Waals surface area contributed by atoms with Gasteiger partial charge in [0.1, 0.15) is 3.70 Å². The largest absolute Gasteiger partial charge is 0.494 e. The molecule has 0 aliphatic carbocycles. The van der Waals surface area contributed by atoms with E-state index in [4.69, 9.17) is 10.5 Å². The topological polar surface area (TPSA) is 48.1 Å². The molecule has 11 heavy (non-hydrogen) atoms. The molecule has 0 aromatic carbocycles. The number of ether oxygens (including phenoxy) is 1. The second-order valence-corrected chi connectivity index (χ2v) is 3.02. The van der Waals surface area contributed by atoms with Crippen molar-refractivity contribution in [2.45, 2.75) is 6.54 Å². The fourth-order valence-corrected chi connectivity index (χ4v) is 1.43. The van der Waals surface area contributed by atoms with Crippen LogP contribution in [0.15, 0.2) is 12.1 Å². The average Bonchev–Trinajstić information content (AvgIpc) is 2.04. The Hall–Kier alpha value is -0.360. The molecule has 3 nitrogen and oxygen atoms in total. The summed E-state index contributed by atoms with van der Waals surface area (Å²) in [6.45, 7) is 0.472. The normalized spacial score (nSPS) is 9.73. The number of nitrogens with zero attached hydrogens (tertiary/aromatic N) is 1. The molecule has 1 aromatic heterocycles. The second-order valence-electron chi connectivity index (χ2n) is 2.00. The molecule has 0 aliphatic heterocycles. The number of methoxy groups -OCH3 is 1. The molecule has 0 saturated carbocycles. The van der Waals surface area contributed by atoms with Gasteiger partial charge in [0.05, 0.1) is 12.8 Å². The second kappa shape index (κ2) is 3.87. The first-order chi connectivity index (χ1) is 5.27. The third kappa shape index (κ3) is 2.03. The minimum Gasteiger partial charge on any atom is -0.494 e. The molecule has 0 bridgehead atoms. The van der Waals surface area contributed by atoms with Crippen LogP contribution in [0.2, 0.25) is 0 Å². The quantitative estimate of drug-likeness (QED) is 0.644. The van der Waals surface area contributed by atoms with E-state index in [0.29, 0.717) is 6.54 Å². The van der Waals surface area contributed by atoms with Gasteiger partial charge in [0.15, 0.2) is 5.75 Å². The van der Waals surface area contributed by atoms with Gasteiger partial charge < -0.3 is 10.5 Å². The zero-order valence-electron chi connectivity index (χ0n) is 6.17. The molecule has 0 fully saturated rings. The maximum absolute atomic E-state index is 5.40. The Morgan fingerprint density at radius 1 is 1.64 bits per heavy atom. The number of hydrogen-bond donors (Lipinski definition) is 1. The van der Waals surface area contributed by atoms with Crippen LogP contribution >= 0.6 is 22.6 Å². The first-order valence-electron chi connectivity index (χ1n) is 3.17. The predicted molar refractivity (Wildman–Crippen MR) is 51.4 cm³/mol. The van der Waals surface area contributed by atoms with E-state index in [1.165, 1.54) is 0 Å². The van der Waals surface area contributed by atoms with E-state index >= 15 is 0 Å². The first kappa shape index (κ1) is 8.73. The number of nitrogens with two attached hydrogens (primary N) is 1. The van der Waals surface area contributed by atoms with Gasteiger partial charge in [-0.2, -0.15) is 0 Å². The fourth-order valence-electron chi connectivity index (χ4n) is 0.725. The fraction of sp³-hybridized carbons (Fsp3) is 0.286. The van der Waals surface area contributed by atoms with Crippen molar-refractivity contribution in [2.75, 3.05) is 7.11 Å². The van der Waals surface area contributed by atoms with Crippen molar-refractivity contribution in [2.24, 2.45) is 5.73 Å². The van der Waals surface area contributed by atoms with E-state index in [1.807, 2.05) is 12.1 Å². The molecule has 0 unspecified atom stereocenters. The molecule has 1 aromatic rings. The average molecular weight is 264 g/mol. The number of rotatable bonds is 2. The van der Waals surface area contributed by atoms with E-state index in [-0.39, 0.29) is 0 Å². The number of hydrogen-bond acceptors (Lipinski definition) is 3. The number of aromatic nitrogens is 1. The molecule has 1 heterocycles. The van der Waals surface area contributed by atoms with E-state index in [2.05, 4.69) is 27.6 Å². The molecule has 0 spiro atoms. The van der Waals surface area contributed by atoms with Crippen molar-refractivity contribution < 1.29 is 4.74 Å². The molecule has 0 saturated heterocycles. The van der Waals surface area contributed by atoms with Gasteiger partial charge in [-0.05, 0) is 34.7 Å². The van der Waals surface area contributed by atoms with Crippen LogP contribution in [0.3, 0.4) is 0 Å². The highest BCUT2D eigenvalue weighted by Gasteiger charge is 2.00. The summed E-state index contributed by atoms with van der Waals surface area (Å²) < 4.78 is 5.89. The lowest BCUT2D eigenvalue weighted by molar-refractivity contribution is 0.409. The van der Waals surface area contributed by atoms with Gasteiger partial charge in [0.2, 0.25) is 0 Å². The Morgan fingerprint density at radius 2 is 2.36 bits per heavy atom. The summed E-state index contributed by atoms with van der Waals surface area (Å²) in [5, 5.41) is 0. The van der Waals surface area contributed by atoms with Crippen LogP contribution in [0.1, 0.15) is 5.69 Å². The lowest BCUT2D eigenvalue weighted by Gasteiger charge is -2.02. The number of halogens is 1. The Morgan fingerprint density at radius 3 is 2.82 bits per heavy atom. The SMILES string of the molecule is COc1ccc(CN)nc1I. The summed E-state index contributed by atoms with van der Waals surface area (Å²) in [4.78, 5) is 4.20. The Kier molecular flexibility index (Phi) is 3.07. The third-order valence-corrected chi connectivity index (χ3v) is 2.07. The maximum atomic E-state index is 5.40.